The maximum atomic E-state index is 9.48. The second-order valence-corrected chi connectivity index (χ2v) is 5.61. The molecule has 0 spiro atoms. The van der Waals surface area contributed by atoms with Crippen molar-refractivity contribution in [2.24, 2.45) is 0 Å². The van der Waals surface area contributed by atoms with E-state index in [-0.39, 0.29) is 11.4 Å². The first-order valence-corrected chi connectivity index (χ1v) is 6.85. The van der Waals surface area contributed by atoms with Gasteiger partial charge in [-0.15, -0.1) is 0 Å². The highest BCUT2D eigenvalue weighted by atomic mass is 32.2. The third-order valence-electron chi connectivity index (χ3n) is 2.90. The summed E-state index contributed by atoms with van der Waals surface area (Å²) < 4.78 is 0. The lowest BCUT2D eigenvalue weighted by molar-refractivity contribution is 0.196. The minimum Gasteiger partial charge on any atom is -0.392 e. The van der Waals surface area contributed by atoms with E-state index in [2.05, 4.69) is 29.2 Å². The molecule has 2 aromatic rings. The highest BCUT2D eigenvalue weighted by molar-refractivity contribution is 7.99. The number of benzene rings is 1. The molecule has 0 aliphatic carbocycles. The van der Waals surface area contributed by atoms with Crippen LogP contribution in [-0.4, -0.2) is 21.4 Å². The zero-order valence-corrected chi connectivity index (χ0v) is 10.9. The van der Waals surface area contributed by atoms with Crippen LogP contribution in [-0.2, 0) is 5.75 Å². The van der Waals surface area contributed by atoms with Gasteiger partial charge in [0, 0.05) is 22.6 Å². The number of aliphatic hydroxyl groups is 1. The summed E-state index contributed by atoms with van der Waals surface area (Å²) in [6, 6.07) is 10.3. The second kappa shape index (κ2) is 5.52. The van der Waals surface area contributed by atoms with Crippen LogP contribution < -0.4 is 0 Å². The molecule has 2 atom stereocenters. The van der Waals surface area contributed by atoms with Crippen LogP contribution in [0.3, 0.4) is 0 Å². The average molecular weight is 247 g/mol. The van der Waals surface area contributed by atoms with E-state index < -0.39 is 0 Å². The lowest BCUT2D eigenvalue weighted by atomic mass is 10.1. The topological polar surface area (TPSA) is 33.1 Å². The van der Waals surface area contributed by atoms with E-state index in [4.69, 9.17) is 0 Å². The van der Waals surface area contributed by atoms with Gasteiger partial charge in [0.15, 0.2) is 0 Å². The van der Waals surface area contributed by atoms with Crippen LogP contribution in [0, 0.1) is 0 Å². The zero-order chi connectivity index (χ0) is 12.3. The van der Waals surface area contributed by atoms with Crippen LogP contribution in [0.2, 0.25) is 0 Å². The number of aliphatic hydroxyl groups excluding tert-OH is 1. The fourth-order valence-corrected chi connectivity index (χ4v) is 2.60. The van der Waals surface area contributed by atoms with E-state index in [0.29, 0.717) is 0 Å². The lowest BCUT2D eigenvalue weighted by Gasteiger charge is -2.14. The monoisotopic (exact) mass is 247 g/mol. The Morgan fingerprint density at radius 1 is 1.24 bits per heavy atom. The first-order valence-electron chi connectivity index (χ1n) is 5.81. The van der Waals surface area contributed by atoms with Crippen molar-refractivity contribution in [2.45, 2.75) is 31.0 Å². The van der Waals surface area contributed by atoms with Crippen LogP contribution in [0.1, 0.15) is 19.4 Å². The Morgan fingerprint density at radius 2 is 2.00 bits per heavy atom. The Labute approximate surface area is 106 Å². The second-order valence-electron chi connectivity index (χ2n) is 4.25. The molecule has 2 nitrogen and oxygen atoms in total. The first kappa shape index (κ1) is 12.4. The number of thioether (sulfide) groups is 1. The SMILES string of the molecule is CC(O)C(C)SCc1cccc2cccnc12. The largest absolute Gasteiger partial charge is 0.392 e. The van der Waals surface area contributed by atoms with Crippen molar-refractivity contribution in [3.05, 3.63) is 42.1 Å². The Balaban J connectivity index is 2.19. The van der Waals surface area contributed by atoms with E-state index >= 15 is 0 Å². The highest BCUT2D eigenvalue weighted by Crippen LogP contribution is 2.24. The first-order chi connectivity index (χ1) is 8.18. The zero-order valence-electron chi connectivity index (χ0n) is 10.1. The maximum absolute atomic E-state index is 9.48. The van der Waals surface area contributed by atoms with Gasteiger partial charge in [-0.2, -0.15) is 11.8 Å². The highest BCUT2D eigenvalue weighted by Gasteiger charge is 2.10. The summed E-state index contributed by atoms with van der Waals surface area (Å²) in [5.74, 6) is 0.889. The number of fused-ring (bicyclic) bond motifs is 1. The van der Waals surface area contributed by atoms with Crippen LogP contribution in [0.4, 0.5) is 0 Å². The van der Waals surface area contributed by atoms with Gasteiger partial charge < -0.3 is 5.11 Å². The number of hydrogen-bond donors (Lipinski definition) is 1. The van der Waals surface area contributed by atoms with Gasteiger partial charge in [0.2, 0.25) is 0 Å². The van der Waals surface area contributed by atoms with E-state index in [9.17, 15) is 5.11 Å². The van der Waals surface area contributed by atoms with Crippen molar-refractivity contribution in [1.29, 1.82) is 0 Å². The Kier molecular flexibility index (Phi) is 4.02. The van der Waals surface area contributed by atoms with E-state index in [1.54, 1.807) is 11.8 Å². The molecule has 0 radical (unpaired) electrons. The molecule has 0 saturated carbocycles. The smallest absolute Gasteiger partial charge is 0.0742 e. The molecular weight excluding hydrogens is 230 g/mol. The van der Waals surface area contributed by atoms with Crippen molar-refractivity contribution in [3.8, 4) is 0 Å². The van der Waals surface area contributed by atoms with Crippen molar-refractivity contribution in [3.63, 3.8) is 0 Å². The fraction of sp³-hybridized carbons (Fsp3) is 0.357. The van der Waals surface area contributed by atoms with Gasteiger partial charge in [-0.05, 0) is 18.6 Å². The molecule has 0 fully saturated rings. The quantitative estimate of drug-likeness (QED) is 0.900. The lowest BCUT2D eigenvalue weighted by Crippen LogP contribution is -2.15. The van der Waals surface area contributed by atoms with Crippen LogP contribution in [0.15, 0.2) is 36.5 Å². The molecule has 1 N–H and O–H groups in total. The molecule has 0 aliphatic rings. The Hall–Kier alpha value is -1.06. The summed E-state index contributed by atoms with van der Waals surface area (Å²) in [7, 11) is 0. The number of rotatable bonds is 4. The minimum atomic E-state index is -0.275. The molecule has 17 heavy (non-hydrogen) atoms. The molecule has 0 bridgehead atoms. The normalized spacial score (nSPS) is 14.8. The van der Waals surface area contributed by atoms with E-state index in [1.165, 1.54) is 10.9 Å². The van der Waals surface area contributed by atoms with Crippen molar-refractivity contribution in [1.82, 2.24) is 4.98 Å². The fourth-order valence-electron chi connectivity index (χ4n) is 1.64. The number of nitrogens with zero attached hydrogens (tertiary/aromatic N) is 1. The van der Waals surface area contributed by atoms with Gasteiger partial charge in [-0.3, -0.25) is 4.98 Å². The van der Waals surface area contributed by atoms with Gasteiger partial charge in [0.1, 0.15) is 0 Å². The van der Waals surface area contributed by atoms with Crippen LogP contribution in [0.5, 0.6) is 0 Å². The van der Waals surface area contributed by atoms with E-state index in [1.807, 2.05) is 26.1 Å². The molecule has 0 saturated heterocycles. The number of hydrogen-bond acceptors (Lipinski definition) is 3. The molecule has 1 aromatic carbocycles. The van der Waals surface area contributed by atoms with Crippen molar-refractivity contribution < 1.29 is 5.11 Å². The molecule has 1 aromatic heterocycles. The van der Waals surface area contributed by atoms with Gasteiger partial charge in [0.25, 0.3) is 0 Å². The summed E-state index contributed by atoms with van der Waals surface area (Å²) in [5, 5.41) is 10.9. The van der Waals surface area contributed by atoms with E-state index in [0.717, 1.165) is 11.3 Å². The predicted molar refractivity (Wildman–Crippen MR) is 74.2 cm³/mol. The number of para-hydroxylation sites is 1. The summed E-state index contributed by atoms with van der Waals surface area (Å²) in [5.41, 5.74) is 2.31. The molecule has 1 heterocycles. The van der Waals surface area contributed by atoms with Crippen molar-refractivity contribution in [2.75, 3.05) is 0 Å². The average Bonchev–Trinajstić information content (AvgIpc) is 2.35. The molecule has 2 rings (SSSR count). The molecule has 3 heteroatoms. The molecule has 0 aliphatic heterocycles. The Morgan fingerprint density at radius 3 is 2.76 bits per heavy atom. The Bertz CT molecular complexity index is 493. The van der Waals surface area contributed by atoms with Gasteiger partial charge >= 0.3 is 0 Å². The maximum Gasteiger partial charge on any atom is 0.0742 e. The molecule has 2 unspecified atom stereocenters. The molecule has 0 amide bonds. The third kappa shape index (κ3) is 2.99. The van der Waals surface area contributed by atoms with Crippen LogP contribution >= 0.6 is 11.8 Å². The van der Waals surface area contributed by atoms with Crippen LogP contribution in [0.25, 0.3) is 10.9 Å². The summed E-state index contributed by atoms with van der Waals surface area (Å²) >= 11 is 1.76. The van der Waals surface area contributed by atoms with Crippen molar-refractivity contribution >= 4 is 22.7 Å². The summed E-state index contributed by atoms with van der Waals surface area (Å²) in [6.07, 6.45) is 1.55. The number of aromatic nitrogens is 1. The molecular formula is C14H17NOS. The number of pyridine rings is 1. The van der Waals surface area contributed by atoms with Gasteiger partial charge in [-0.25, -0.2) is 0 Å². The summed E-state index contributed by atoms with van der Waals surface area (Å²) in [6.45, 7) is 3.88. The summed E-state index contributed by atoms with van der Waals surface area (Å²) in [4.78, 5) is 4.43. The molecule has 90 valence electrons. The third-order valence-corrected chi connectivity index (χ3v) is 4.29. The standard InChI is InChI=1S/C14H17NOS/c1-10(16)11(2)17-9-13-6-3-5-12-7-4-8-15-14(12)13/h3-8,10-11,16H,9H2,1-2H3. The van der Waals surface area contributed by atoms with Gasteiger partial charge in [-0.1, -0.05) is 31.2 Å². The minimum absolute atomic E-state index is 0.244. The predicted octanol–water partition coefficient (Wildman–Crippen LogP) is 3.24. The van der Waals surface area contributed by atoms with Gasteiger partial charge in [0.05, 0.1) is 11.6 Å².